The highest BCUT2D eigenvalue weighted by molar-refractivity contribution is 5.11. The number of nitrogens with one attached hydrogen (secondary N) is 1. The Morgan fingerprint density at radius 3 is 2.79 bits per heavy atom. The zero-order valence-corrected chi connectivity index (χ0v) is 12.7. The molecular weight excluding hydrogens is 242 g/mol. The molecule has 0 aromatic heterocycles. The van der Waals surface area contributed by atoms with E-state index >= 15 is 0 Å². The number of fused-ring (bicyclic) bond motifs is 1. The molecule has 2 aliphatic rings. The van der Waals surface area contributed by atoms with Crippen LogP contribution >= 0.6 is 0 Å². The predicted octanol–water partition coefficient (Wildman–Crippen LogP) is 1.42. The van der Waals surface area contributed by atoms with Gasteiger partial charge in [-0.05, 0) is 12.3 Å². The molecule has 4 atom stereocenters. The van der Waals surface area contributed by atoms with Gasteiger partial charge in [-0.25, -0.2) is 0 Å². The van der Waals surface area contributed by atoms with Crippen molar-refractivity contribution in [3.05, 3.63) is 0 Å². The van der Waals surface area contributed by atoms with Crippen molar-refractivity contribution in [2.24, 2.45) is 17.3 Å². The molecule has 2 rings (SSSR count). The third-order valence-corrected chi connectivity index (χ3v) is 4.44. The van der Waals surface area contributed by atoms with Crippen LogP contribution in [0.25, 0.3) is 0 Å². The maximum Gasteiger partial charge on any atom is 0.0897 e. The Bertz CT molecular complexity index is 293. The molecule has 1 saturated carbocycles. The highest BCUT2D eigenvalue weighted by atomic mass is 16.5. The maximum atomic E-state index is 9.92. The monoisotopic (exact) mass is 271 g/mol. The van der Waals surface area contributed by atoms with E-state index in [4.69, 9.17) is 9.47 Å². The van der Waals surface area contributed by atoms with Crippen molar-refractivity contribution in [2.75, 3.05) is 26.4 Å². The molecular formula is C15H29NO3. The van der Waals surface area contributed by atoms with Crippen LogP contribution in [0.4, 0.5) is 0 Å². The fourth-order valence-corrected chi connectivity index (χ4v) is 3.50. The molecule has 2 fully saturated rings. The molecule has 1 heterocycles. The summed E-state index contributed by atoms with van der Waals surface area (Å²) >= 11 is 0. The molecule has 0 radical (unpaired) electrons. The second-order valence-corrected chi connectivity index (χ2v) is 7.04. The van der Waals surface area contributed by atoms with Crippen LogP contribution in [0.15, 0.2) is 0 Å². The van der Waals surface area contributed by atoms with E-state index in [-0.39, 0.29) is 5.41 Å². The third kappa shape index (κ3) is 3.30. The van der Waals surface area contributed by atoms with E-state index in [0.717, 1.165) is 13.0 Å². The van der Waals surface area contributed by atoms with Gasteiger partial charge in [-0.15, -0.1) is 0 Å². The Labute approximate surface area is 116 Å². The van der Waals surface area contributed by atoms with Crippen molar-refractivity contribution in [3.8, 4) is 0 Å². The highest BCUT2D eigenvalue weighted by Gasteiger charge is 2.58. The lowest BCUT2D eigenvalue weighted by Crippen LogP contribution is -2.66. The fraction of sp³-hybridized carbons (Fsp3) is 1.00. The van der Waals surface area contributed by atoms with Crippen LogP contribution in [-0.2, 0) is 9.47 Å². The van der Waals surface area contributed by atoms with Gasteiger partial charge < -0.3 is 19.9 Å². The van der Waals surface area contributed by atoms with Crippen LogP contribution in [0.3, 0.4) is 0 Å². The summed E-state index contributed by atoms with van der Waals surface area (Å²) in [7, 11) is 0. The predicted molar refractivity (Wildman–Crippen MR) is 75.1 cm³/mol. The van der Waals surface area contributed by atoms with Gasteiger partial charge in [-0.2, -0.15) is 0 Å². The zero-order chi connectivity index (χ0) is 14.0. The summed E-state index contributed by atoms with van der Waals surface area (Å²) in [5.41, 5.74) is 0.180. The molecule has 1 aliphatic heterocycles. The summed E-state index contributed by atoms with van der Waals surface area (Å²) in [6.07, 6.45) is 1.13. The molecule has 4 heteroatoms. The normalized spacial score (nSPS) is 34.1. The molecule has 0 spiro atoms. The third-order valence-electron chi connectivity index (χ3n) is 4.44. The molecule has 1 aliphatic carbocycles. The van der Waals surface area contributed by atoms with Gasteiger partial charge in [0.2, 0.25) is 0 Å². The van der Waals surface area contributed by atoms with Crippen LogP contribution in [0.2, 0.25) is 0 Å². The summed E-state index contributed by atoms with van der Waals surface area (Å²) in [5, 5.41) is 13.4. The van der Waals surface area contributed by atoms with E-state index < -0.39 is 6.10 Å². The van der Waals surface area contributed by atoms with E-state index in [1.54, 1.807) is 0 Å². The first-order valence-corrected chi connectivity index (χ1v) is 7.53. The van der Waals surface area contributed by atoms with Gasteiger partial charge in [-0.3, -0.25) is 0 Å². The van der Waals surface area contributed by atoms with E-state index in [9.17, 15) is 5.11 Å². The first-order valence-electron chi connectivity index (χ1n) is 7.53. The van der Waals surface area contributed by atoms with Gasteiger partial charge in [0.25, 0.3) is 0 Å². The lowest BCUT2D eigenvalue weighted by atomic mass is 9.57. The van der Waals surface area contributed by atoms with E-state index in [0.29, 0.717) is 43.7 Å². The largest absolute Gasteiger partial charge is 0.389 e. The standard InChI is InChI=1S/C15H29NO3/c1-10(2)8-18-9-11(17)7-16-13-12-5-6-19-14(12)15(13,3)4/h10-14,16-17H,5-9H2,1-4H3. The molecule has 19 heavy (non-hydrogen) atoms. The van der Waals surface area contributed by atoms with E-state index in [2.05, 4.69) is 33.0 Å². The highest BCUT2D eigenvalue weighted by Crippen LogP contribution is 2.51. The quantitative estimate of drug-likeness (QED) is 0.735. The fourth-order valence-electron chi connectivity index (χ4n) is 3.50. The van der Waals surface area contributed by atoms with Gasteiger partial charge in [0.1, 0.15) is 0 Å². The summed E-state index contributed by atoms with van der Waals surface area (Å²) < 4.78 is 11.2. The van der Waals surface area contributed by atoms with Crippen LogP contribution in [0.5, 0.6) is 0 Å². The average molecular weight is 271 g/mol. The molecule has 0 bridgehead atoms. The number of aliphatic hydroxyl groups excluding tert-OH is 1. The van der Waals surface area contributed by atoms with Crippen molar-refractivity contribution in [3.63, 3.8) is 0 Å². The summed E-state index contributed by atoms with van der Waals surface area (Å²) in [4.78, 5) is 0. The van der Waals surface area contributed by atoms with Gasteiger partial charge >= 0.3 is 0 Å². The van der Waals surface area contributed by atoms with Crippen LogP contribution in [-0.4, -0.2) is 49.7 Å². The first-order chi connectivity index (χ1) is 8.93. The number of ether oxygens (including phenoxy) is 2. The molecule has 1 saturated heterocycles. The van der Waals surface area contributed by atoms with Gasteiger partial charge in [0, 0.05) is 37.1 Å². The second kappa shape index (κ2) is 6.08. The van der Waals surface area contributed by atoms with Crippen molar-refractivity contribution in [1.29, 1.82) is 0 Å². The SMILES string of the molecule is CC(C)COCC(O)CNC1C2CCOC2C1(C)C. The topological polar surface area (TPSA) is 50.7 Å². The number of rotatable bonds is 7. The Kier molecular flexibility index (Phi) is 4.88. The number of hydrogen-bond donors (Lipinski definition) is 2. The first kappa shape index (κ1) is 15.2. The van der Waals surface area contributed by atoms with Gasteiger partial charge in [0.15, 0.2) is 0 Å². The Hall–Kier alpha value is -0.160. The van der Waals surface area contributed by atoms with Crippen LogP contribution in [0.1, 0.15) is 34.1 Å². The minimum Gasteiger partial charge on any atom is -0.389 e. The van der Waals surface area contributed by atoms with E-state index in [1.165, 1.54) is 0 Å². The Morgan fingerprint density at radius 2 is 2.11 bits per heavy atom. The molecule has 112 valence electrons. The van der Waals surface area contributed by atoms with Crippen LogP contribution in [0, 0.1) is 17.3 Å². The van der Waals surface area contributed by atoms with Crippen LogP contribution < -0.4 is 5.32 Å². The van der Waals surface area contributed by atoms with Gasteiger partial charge in [0.05, 0.1) is 18.8 Å². The molecule has 4 nitrogen and oxygen atoms in total. The van der Waals surface area contributed by atoms with Crippen molar-refractivity contribution in [1.82, 2.24) is 5.32 Å². The summed E-state index contributed by atoms with van der Waals surface area (Å²) in [6.45, 7) is 11.3. The zero-order valence-electron chi connectivity index (χ0n) is 12.7. The number of hydrogen-bond acceptors (Lipinski definition) is 4. The van der Waals surface area contributed by atoms with Gasteiger partial charge in [-0.1, -0.05) is 27.7 Å². The summed E-state index contributed by atoms with van der Waals surface area (Å²) in [6, 6.07) is 0.458. The maximum absolute atomic E-state index is 9.92. The minimum absolute atomic E-state index is 0.180. The Balaban J connectivity index is 1.68. The Morgan fingerprint density at radius 1 is 1.37 bits per heavy atom. The minimum atomic E-state index is -0.420. The second-order valence-electron chi connectivity index (χ2n) is 7.04. The van der Waals surface area contributed by atoms with Crippen molar-refractivity contribution >= 4 is 0 Å². The lowest BCUT2D eigenvalue weighted by Gasteiger charge is -2.55. The molecule has 0 amide bonds. The summed E-state index contributed by atoms with van der Waals surface area (Å²) in [5.74, 6) is 1.14. The van der Waals surface area contributed by atoms with Crippen molar-refractivity contribution in [2.45, 2.75) is 52.4 Å². The molecule has 0 aromatic carbocycles. The molecule has 2 N–H and O–H groups in total. The number of aliphatic hydroxyl groups is 1. The van der Waals surface area contributed by atoms with E-state index in [1.807, 2.05) is 0 Å². The molecule has 0 aromatic rings. The molecule has 4 unspecified atom stereocenters. The van der Waals surface area contributed by atoms with Crippen molar-refractivity contribution < 1.29 is 14.6 Å². The lowest BCUT2D eigenvalue weighted by molar-refractivity contribution is -0.115. The smallest absolute Gasteiger partial charge is 0.0897 e. The average Bonchev–Trinajstić information content (AvgIpc) is 2.75.